The second-order valence-electron chi connectivity index (χ2n) is 9.62. The monoisotopic (exact) mass is 487 g/mol. The van der Waals surface area contributed by atoms with Crippen molar-refractivity contribution in [1.29, 1.82) is 0 Å². The smallest absolute Gasteiger partial charge is 0.283 e. The molecule has 3 aliphatic carbocycles. The first-order chi connectivity index (χ1) is 14.7. The molecule has 1 amide bonds. The van der Waals surface area contributed by atoms with Crippen molar-refractivity contribution in [3.63, 3.8) is 0 Å². The first-order valence-corrected chi connectivity index (χ1v) is 11.7. The van der Waals surface area contributed by atoms with Crippen molar-refractivity contribution < 1.29 is 4.79 Å². The van der Waals surface area contributed by atoms with Crippen molar-refractivity contribution >= 4 is 27.5 Å². The van der Waals surface area contributed by atoms with Crippen LogP contribution in [0.4, 0.5) is 5.69 Å². The highest BCUT2D eigenvalue weighted by atomic mass is 79.9. The summed E-state index contributed by atoms with van der Waals surface area (Å²) in [6, 6.07) is 2.20. The van der Waals surface area contributed by atoms with Crippen LogP contribution in [-0.2, 0) is 17.9 Å². The zero-order chi connectivity index (χ0) is 22.3. The normalized spacial score (nSPS) is 26.1. The van der Waals surface area contributed by atoms with E-state index in [9.17, 15) is 9.59 Å². The van der Waals surface area contributed by atoms with E-state index in [2.05, 4.69) is 57.4 Å². The largest absolute Gasteiger partial charge is 0.380 e. The predicted molar refractivity (Wildman–Crippen MR) is 124 cm³/mol. The molecular weight excluding hydrogens is 458 g/mol. The molecule has 3 fully saturated rings. The Morgan fingerprint density at radius 2 is 2.10 bits per heavy atom. The van der Waals surface area contributed by atoms with E-state index in [0.717, 1.165) is 23.5 Å². The molecule has 8 heteroatoms. The molecule has 7 nitrogen and oxygen atoms in total. The molecule has 31 heavy (non-hydrogen) atoms. The van der Waals surface area contributed by atoms with E-state index in [4.69, 9.17) is 0 Å². The van der Waals surface area contributed by atoms with Gasteiger partial charge in [-0.1, -0.05) is 20.8 Å². The Kier molecular flexibility index (Phi) is 5.94. The van der Waals surface area contributed by atoms with Gasteiger partial charge in [-0.3, -0.25) is 14.6 Å². The molecule has 0 aromatic carbocycles. The SMILES string of the molecule is Cc1cnccc1CNC(=O)Cn1ncc(N[C@@H]2C[C@H]3C[C@@H]([C@H]2C)C3(C)C)c(Br)c1=O. The van der Waals surface area contributed by atoms with Crippen molar-refractivity contribution in [3.8, 4) is 0 Å². The van der Waals surface area contributed by atoms with Gasteiger partial charge in [0.2, 0.25) is 5.91 Å². The maximum atomic E-state index is 12.8. The summed E-state index contributed by atoms with van der Waals surface area (Å²) in [5.74, 6) is 1.72. The molecule has 2 heterocycles. The van der Waals surface area contributed by atoms with Crippen LogP contribution in [0, 0.1) is 30.1 Å². The summed E-state index contributed by atoms with van der Waals surface area (Å²) in [6.45, 7) is 9.26. The summed E-state index contributed by atoms with van der Waals surface area (Å²) < 4.78 is 1.61. The molecule has 0 radical (unpaired) electrons. The number of amides is 1. The Morgan fingerprint density at radius 1 is 1.32 bits per heavy atom. The highest BCUT2D eigenvalue weighted by Crippen LogP contribution is 2.61. The fourth-order valence-electron chi connectivity index (χ4n) is 5.30. The van der Waals surface area contributed by atoms with Crippen molar-refractivity contribution in [1.82, 2.24) is 20.1 Å². The van der Waals surface area contributed by atoms with Crippen molar-refractivity contribution in [2.45, 2.75) is 59.7 Å². The number of nitrogens with zero attached hydrogens (tertiary/aromatic N) is 3. The highest BCUT2D eigenvalue weighted by molar-refractivity contribution is 9.10. The molecule has 3 aliphatic rings. The average Bonchev–Trinajstić information content (AvgIpc) is 2.73. The van der Waals surface area contributed by atoms with E-state index in [1.807, 2.05) is 13.0 Å². The van der Waals surface area contributed by atoms with Crippen molar-refractivity contribution in [3.05, 3.63) is 50.6 Å². The molecule has 166 valence electrons. The summed E-state index contributed by atoms with van der Waals surface area (Å²) >= 11 is 3.43. The van der Waals surface area contributed by atoms with Gasteiger partial charge >= 0.3 is 0 Å². The zero-order valence-electron chi connectivity index (χ0n) is 18.5. The van der Waals surface area contributed by atoms with Gasteiger partial charge in [-0.15, -0.1) is 0 Å². The number of hydrogen-bond donors (Lipinski definition) is 2. The number of hydrogen-bond acceptors (Lipinski definition) is 5. The minimum Gasteiger partial charge on any atom is -0.380 e. The van der Waals surface area contributed by atoms with E-state index in [1.165, 1.54) is 11.1 Å². The molecule has 0 aliphatic heterocycles. The van der Waals surface area contributed by atoms with Gasteiger partial charge in [0.15, 0.2) is 0 Å². The second kappa shape index (κ2) is 8.37. The number of aryl methyl sites for hydroxylation is 1. The molecule has 2 bridgehead atoms. The summed E-state index contributed by atoms with van der Waals surface area (Å²) in [5, 5.41) is 10.6. The van der Waals surface area contributed by atoms with Gasteiger partial charge in [0, 0.05) is 25.0 Å². The van der Waals surface area contributed by atoms with E-state index in [0.29, 0.717) is 40.0 Å². The van der Waals surface area contributed by atoms with Crippen molar-refractivity contribution in [2.75, 3.05) is 5.32 Å². The van der Waals surface area contributed by atoms with Crippen LogP contribution < -0.4 is 16.2 Å². The topological polar surface area (TPSA) is 88.9 Å². The predicted octanol–water partition coefficient (Wildman–Crippen LogP) is 3.51. The van der Waals surface area contributed by atoms with E-state index >= 15 is 0 Å². The molecular formula is C23H30BrN5O2. The second-order valence-corrected chi connectivity index (χ2v) is 10.4. The number of nitrogens with one attached hydrogen (secondary N) is 2. The summed E-state index contributed by atoms with van der Waals surface area (Å²) in [6.07, 6.45) is 7.51. The quantitative estimate of drug-likeness (QED) is 0.650. The molecule has 0 spiro atoms. The number of carbonyl (C=O) groups is 1. The first kappa shape index (κ1) is 22.0. The lowest BCUT2D eigenvalue weighted by Crippen LogP contribution is -2.58. The lowest BCUT2D eigenvalue weighted by molar-refractivity contribution is -0.122. The van der Waals surface area contributed by atoms with Crippen LogP contribution >= 0.6 is 15.9 Å². The van der Waals surface area contributed by atoms with E-state index in [-0.39, 0.29) is 18.0 Å². The van der Waals surface area contributed by atoms with Gasteiger partial charge in [-0.25, -0.2) is 4.68 Å². The molecule has 0 unspecified atom stereocenters. The van der Waals surface area contributed by atoms with Crippen LogP contribution in [0.1, 0.15) is 44.7 Å². The minimum atomic E-state index is -0.311. The zero-order valence-corrected chi connectivity index (χ0v) is 20.1. The molecule has 3 saturated carbocycles. The summed E-state index contributed by atoms with van der Waals surface area (Å²) in [7, 11) is 0. The molecule has 2 aromatic heterocycles. The number of fused-ring (bicyclic) bond motifs is 2. The summed E-state index contributed by atoms with van der Waals surface area (Å²) in [4.78, 5) is 29.2. The third kappa shape index (κ3) is 4.14. The molecule has 4 atom stereocenters. The lowest BCUT2D eigenvalue weighted by Gasteiger charge is -2.62. The molecule has 0 saturated heterocycles. The number of rotatable bonds is 6. The number of pyridine rings is 1. The Hall–Kier alpha value is -2.22. The van der Waals surface area contributed by atoms with Gasteiger partial charge in [0.1, 0.15) is 11.0 Å². The van der Waals surface area contributed by atoms with E-state index in [1.54, 1.807) is 18.6 Å². The molecule has 2 N–H and O–H groups in total. The Balaban J connectivity index is 1.39. The molecule has 2 aromatic rings. The minimum absolute atomic E-state index is 0.125. The van der Waals surface area contributed by atoms with Crippen molar-refractivity contribution in [2.24, 2.45) is 23.2 Å². The van der Waals surface area contributed by atoms with Crippen LogP contribution in [0.5, 0.6) is 0 Å². The Morgan fingerprint density at radius 3 is 2.77 bits per heavy atom. The number of aromatic nitrogens is 3. The standard InChI is InChI=1S/C23H30BrN5O2/c1-13-9-25-6-5-15(13)10-26-20(30)12-29-22(31)21(24)19(11-27-29)28-18-8-16-7-17(14(18)2)23(16,3)4/h5-6,9,11,14,16-18,28H,7-8,10,12H2,1-4H3,(H,26,30)/t14-,16-,17+,18-/m1/s1. The maximum absolute atomic E-state index is 12.8. The Bertz CT molecular complexity index is 1050. The average molecular weight is 488 g/mol. The maximum Gasteiger partial charge on any atom is 0.283 e. The van der Waals surface area contributed by atoms with Crippen LogP contribution in [0.25, 0.3) is 0 Å². The fraction of sp³-hybridized carbons (Fsp3) is 0.565. The van der Waals surface area contributed by atoms with Gasteiger partial charge < -0.3 is 10.6 Å². The van der Waals surface area contributed by atoms with Gasteiger partial charge in [-0.05, 0) is 76.1 Å². The fourth-order valence-corrected chi connectivity index (χ4v) is 5.73. The van der Waals surface area contributed by atoms with Gasteiger partial charge in [0.05, 0.1) is 11.9 Å². The number of anilines is 1. The van der Waals surface area contributed by atoms with Crippen LogP contribution in [-0.4, -0.2) is 26.7 Å². The number of halogens is 1. The third-order valence-corrected chi connectivity index (χ3v) is 8.35. The number of carbonyl (C=O) groups excluding carboxylic acids is 1. The summed E-state index contributed by atoms with van der Waals surface area (Å²) in [5.41, 5.74) is 2.80. The third-order valence-electron chi connectivity index (χ3n) is 7.59. The first-order valence-electron chi connectivity index (χ1n) is 10.9. The highest BCUT2D eigenvalue weighted by Gasteiger charge is 2.56. The van der Waals surface area contributed by atoms with Crippen LogP contribution in [0.15, 0.2) is 33.9 Å². The van der Waals surface area contributed by atoms with Gasteiger partial charge in [0.25, 0.3) is 5.56 Å². The van der Waals surface area contributed by atoms with Gasteiger partial charge in [-0.2, -0.15) is 5.10 Å². The van der Waals surface area contributed by atoms with Crippen LogP contribution in [0.2, 0.25) is 0 Å². The Labute approximate surface area is 191 Å². The lowest BCUT2D eigenvalue weighted by atomic mass is 9.45. The molecule has 5 rings (SSSR count). The van der Waals surface area contributed by atoms with E-state index < -0.39 is 0 Å². The van der Waals surface area contributed by atoms with Crippen LogP contribution in [0.3, 0.4) is 0 Å².